The van der Waals surface area contributed by atoms with Crippen molar-refractivity contribution in [3.63, 3.8) is 0 Å². The van der Waals surface area contributed by atoms with Crippen molar-refractivity contribution in [2.24, 2.45) is 5.73 Å². The lowest BCUT2D eigenvalue weighted by Gasteiger charge is -2.03. The molecule has 0 aliphatic heterocycles. The molecular formula is C7H4Br2ClNO. The van der Waals surface area contributed by atoms with E-state index in [2.05, 4.69) is 31.9 Å². The molecule has 5 heteroatoms. The second kappa shape index (κ2) is 3.77. The van der Waals surface area contributed by atoms with Crippen LogP contribution in [-0.2, 0) is 0 Å². The largest absolute Gasteiger partial charge is 0.366 e. The minimum atomic E-state index is -0.487. The van der Waals surface area contributed by atoms with Gasteiger partial charge >= 0.3 is 0 Å². The summed E-state index contributed by atoms with van der Waals surface area (Å²) in [5.74, 6) is -0.487. The molecule has 0 fully saturated rings. The van der Waals surface area contributed by atoms with Crippen molar-refractivity contribution in [2.45, 2.75) is 0 Å². The van der Waals surface area contributed by atoms with Crippen molar-refractivity contribution >= 4 is 49.4 Å². The van der Waals surface area contributed by atoms with Gasteiger partial charge in [-0.25, -0.2) is 0 Å². The number of carbonyl (C=O) groups is 1. The molecule has 0 saturated heterocycles. The highest BCUT2D eigenvalue weighted by Crippen LogP contribution is 2.32. The summed E-state index contributed by atoms with van der Waals surface area (Å²) in [4.78, 5) is 10.8. The molecule has 0 atom stereocenters. The van der Waals surface area contributed by atoms with E-state index in [1.54, 1.807) is 12.1 Å². The topological polar surface area (TPSA) is 43.1 Å². The fourth-order valence-corrected chi connectivity index (χ4v) is 1.87. The SMILES string of the molecule is NC(=O)c1ccc(Cl)c(Br)c1Br. The smallest absolute Gasteiger partial charge is 0.249 e. The Bertz CT molecular complexity index is 340. The molecule has 2 N–H and O–H groups in total. The zero-order valence-electron chi connectivity index (χ0n) is 5.77. The van der Waals surface area contributed by atoms with Crippen LogP contribution in [-0.4, -0.2) is 5.91 Å². The van der Waals surface area contributed by atoms with Gasteiger partial charge in [0.15, 0.2) is 0 Å². The summed E-state index contributed by atoms with van der Waals surface area (Å²) in [5.41, 5.74) is 5.51. The van der Waals surface area contributed by atoms with E-state index >= 15 is 0 Å². The lowest BCUT2D eigenvalue weighted by Crippen LogP contribution is -2.11. The van der Waals surface area contributed by atoms with Gasteiger partial charge in [0.2, 0.25) is 5.91 Å². The fraction of sp³-hybridized carbons (Fsp3) is 0. The zero-order valence-corrected chi connectivity index (χ0v) is 9.70. The summed E-state index contributed by atoms with van der Waals surface area (Å²) >= 11 is 12.2. The lowest BCUT2D eigenvalue weighted by atomic mass is 10.2. The van der Waals surface area contributed by atoms with Gasteiger partial charge in [-0.1, -0.05) is 11.6 Å². The van der Waals surface area contributed by atoms with E-state index in [0.29, 0.717) is 19.5 Å². The molecule has 12 heavy (non-hydrogen) atoms. The number of hydrogen-bond donors (Lipinski definition) is 1. The Morgan fingerprint density at radius 2 is 1.92 bits per heavy atom. The lowest BCUT2D eigenvalue weighted by molar-refractivity contribution is 0.0999. The molecular weight excluding hydrogens is 309 g/mol. The number of amides is 1. The number of carbonyl (C=O) groups excluding carboxylic acids is 1. The van der Waals surface area contributed by atoms with Crippen LogP contribution < -0.4 is 5.73 Å². The molecule has 64 valence electrons. The van der Waals surface area contributed by atoms with Crippen LogP contribution in [0.15, 0.2) is 21.1 Å². The van der Waals surface area contributed by atoms with Gasteiger partial charge in [0.25, 0.3) is 0 Å². The van der Waals surface area contributed by atoms with E-state index in [0.717, 1.165) is 0 Å². The molecule has 0 aromatic heterocycles. The minimum absolute atomic E-state index is 0.409. The summed E-state index contributed by atoms with van der Waals surface area (Å²) in [6, 6.07) is 3.18. The first-order valence-electron chi connectivity index (χ1n) is 2.97. The first-order chi connectivity index (χ1) is 5.54. The Labute approximate surface area is 91.3 Å². The van der Waals surface area contributed by atoms with Gasteiger partial charge < -0.3 is 5.73 Å². The third-order valence-corrected chi connectivity index (χ3v) is 4.02. The molecule has 1 aromatic rings. The molecule has 0 bridgehead atoms. The van der Waals surface area contributed by atoms with Crippen molar-refractivity contribution in [1.82, 2.24) is 0 Å². The predicted octanol–water partition coefficient (Wildman–Crippen LogP) is 2.96. The molecule has 0 radical (unpaired) electrons. The van der Waals surface area contributed by atoms with Crippen LogP contribution in [0.4, 0.5) is 0 Å². The molecule has 1 rings (SSSR count). The number of primary amides is 1. The van der Waals surface area contributed by atoms with Crippen LogP contribution in [0.1, 0.15) is 10.4 Å². The second-order valence-electron chi connectivity index (χ2n) is 2.09. The van der Waals surface area contributed by atoms with E-state index in [9.17, 15) is 4.79 Å². The van der Waals surface area contributed by atoms with E-state index in [1.165, 1.54) is 0 Å². The van der Waals surface area contributed by atoms with Gasteiger partial charge in [0, 0.05) is 4.47 Å². The van der Waals surface area contributed by atoms with E-state index in [1.807, 2.05) is 0 Å². The van der Waals surface area contributed by atoms with E-state index in [4.69, 9.17) is 17.3 Å². The fourth-order valence-electron chi connectivity index (χ4n) is 0.716. The van der Waals surface area contributed by atoms with E-state index < -0.39 is 5.91 Å². The third-order valence-electron chi connectivity index (χ3n) is 1.30. The predicted molar refractivity (Wildman–Crippen MR) is 55.4 cm³/mol. The number of benzene rings is 1. The van der Waals surface area contributed by atoms with Crippen molar-refractivity contribution < 1.29 is 4.79 Å². The molecule has 0 saturated carbocycles. The highest BCUT2D eigenvalue weighted by Gasteiger charge is 2.10. The Balaban J connectivity index is 3.36. The van der Waals surface area contributed by atoms with Crippen LogP contribution in [0, 0.1) is 0 Å². The number of rotatable bonds is 1. The Morgan fingerprint density at radius 3 is 2.42 bits per heavy atom. The maximum atomic E-state index is 10.8. The first-order valence-corrected chi connectivity index (χ1v) is 4.93. The average molecular weight is 313 g/mol. The Hall–Kier alpha value is -0.0600. The van der Waals surface area contributed by atoms with Crippen molar-refractivity contribution in [3.05, 3.63) is 31.7 Å². The molecule has 0 aliphatic rings. The minimum Gasteiger partial charge on any atom is -0.366 e. The van der Waals surface area contributed by atoms with Crippen LogP contribution in [0.2, 0.25) is 5.02 Å². The summed E-state index contributed by atoms with van der Waals surface area (Å²) in [7, 11) is 0. The number of nitrogens with two attached hydrogens (primary N) is 1. The summed E-state index contributed by atoms with van der Waals surface area (Å²) < 4.78 is 1.22. The average Bonchev–Trinajstić information content (AvgIpc) is 2.00. The highest BCUT2D eigenvalue weighted by molar-refractivity contribution is 9.13. The second-order valence-corrected chi connectivity index (χ2v) is 4.08. The maximum Gasteiger partial charge on any atom is 0.249 e. The highest BCUT2D eigenvalue weighted by atomic mass is 79.9. The summed E-state index contributed by atoms with van der Waals surface area (Å²) in [6.07, 6.45) is 0. The normalized spacial score (nSPS) is 9.92. The molecule has 0 heterocycles. The van der Waals surface area contributed by atoms with Crippen molar-refractivity contribution in [2.75, 3.05) is 0 Å². The monoisotopic (exact) mass is 311 g/mol. The van der Waals surface area contributed by atoms with Crippen LogP contribution in [0.25, 0.3) is 0 Å². The molecule has 2 nitrogen and oxygen atoms in total. The maximum absolute atomic E-state index is 10.8. The van der Waals surface area contributed by atoms with Gasteiger partial charge in [0.1, 0.15) is 0 Å². The molecule has 0 unspecified atom stereocenters. The number of halogens is 3. The van der Waals surface area contributed by atoms with Gasteiger partial charge in [-0.3, -0.25) is 4.79 Å². The van der Waals surface area contributed by atoms with Crippen molar-refractivity contribution in [1.29, 1.82) is 0 Å². The van der Waals surface area contributed by atoms with Gasteiger partial charge in [-0.15, -0.1) is 0 Å². The van der Waals surface area contributed by atoms with Gasteiger partial charge in [-0.2, -0.15) is 0 Å². The van der Waals surface area contributed by atoms with Gasteiger partial charge in [0.05, 0.1) is 15.1 Å². The first kappa shape index (κ1) is 10.0. The number of hydrogen-bond acceptors (Lipinski definition) is 1. The van der Waals surface area contributed by atoms with Crippen LogP contribution in [0.3, 0.4) is 0 Å². The zero-order chi connectivity index (χ0) is 9.30. The Kier molecular flexibility index (Phi) is 3.15. The standard InChI is InChI=1S/C7H4Br2ClNO/c8-5-3(7(11)12)1-2-4(10)6(5)9/h1-2H,(H2,11,12). The summed E-state index contributed by atoms with van der Waals surface area (Å²) in [6.45, 7) is 0. The molecule has 1 amide bonds. The summed E-state index contributed by atoms with van der Waals surface area (Å²) in [5, 5.41) is 0.534. The van der Waals surface area contributed by atoms with E-state index in [-0.39, 0.29) is 0 Å². The quantitative estimate of drug-likeness (QED) is 0.796. The van der Waals surface area contributed by atoms with Crippen LogP contribution >= 0.6 is 43.5 Å². The van der Waals surface area contributed by atoms with Crippen molar-refractivity contribution in [3.8, 4) is 0 Å². The molecule has 0 spiro atoms. The third kappa shape index (κ3) is 1.81. The van der Waals surface area contributed by atoms with Gasteiger partial charge in [-0.05, 0) is 44.0 Å². The molecule has 0 aliphatic carbocycles. The Morgan fingerprint density at radius 1 is 1.33 bits per heavy atom. The van der Waals surface area contributed by atoms with Crippen LogP contribution in [0.5, 0.6) is 0 Å². The molecule has 1 aromatic carbocycles.